The van der Waals surface area contributed by atoms with E-state index in [1.54, 1.807) is 0 Å². The highest BCUT2D eigenvalue weighted by Gasteiger charge is 2.29. The summed E-state index contributed by atoms with van der Waals surface area (Å²) in [5, 5.41) is 11.4. The van der Waals surface area contributed by atoms with E-state index in [2.05, 4.69) is 57.6 Å². The molecule has 1 aliphatic heterocycles. The number of benzene rings is 2. The molecule has 1 amide bonds. The Labute approximate surface area is 171 Å². The van der Waals surface area contributed by atoms with Gasteiger partial charge in [-0.25, -0.2) is 0 Å². The van der Waals surface area contributed by atoms with Crippen LogP contribution in [-0.4, -0.2) is 47.2 Å². The summed E-state index contributed by atoms with van der Waals surface area (Å²) in [5.41, 5.74) is 1.96. The Hall–Kier alpha value is -2.95. The van der Waals surface area contributed by atoms with Gasteiger partial charge in [-0.15, -0.1) is 10.2 Å². The maximum Gasteiger partial charge on any atom is 0.225 e. The van der Waals surface area contributed by atoms with E-state index < -0.39 is 0 Å². The second-order valence-corrected chi connectivity index (χ2v) is 8.13. The average Bonchev–Trinajstić information content (AvgIpc) is 3.33. The highest BCUT2D eigenvalue weighted by Crippen LogP contribution is 2.28. The van der Waals surface area contributed by atoms with E-state index in [9.17, 15) is 4.79 Å². The zero-order valence-electron chi connectivity index (χ0n) is 16.6. The Morgan fingerprint density at radius 3 is 2.31 bits per heavy atom. The molecular weight excluding hydrogens is 360 g/mol. The number of amides is 1. The molecule has 5 nitrogen and oxygen atoms in total. The van der Waals surface area contributed by atoms with E-state index in [0.29, 0.717) is 5.91 Å². The summed E-state index contributed by atoms with van der Waals surface area (Å²) < 4.78 is 0. The number of carbonyl (C=O) groups is 1. The fraction of sp³-hybridized carbons (Fsp3) is 0.375. The predicted molar refractivity (Wildman–Crippen MR) is 116 cm³/mol. The SMILES string of the molecule is O=C(C1CCCC1)N1CCN(c2ccc(-c3ccc4ccccc4c3)nn2)CC1. The van der Waals surface area contributed by atoms with Gasteiger partial charge in [-0.05, 0) is 41.8 Å². The molecule has 0 unspecified atom stereocenters. The topological polar surface area (TPSA) is 49.3 Å². The fourth-order valence-corrected chi connectivity index (χ4v) is 4.58. The normalized spacial score (nSPS) is 17.8. The van der Waals surface area contributed by atoms with Crippen LogP contribution in [0.3, 0.4) is 0 Å². The van der Waals surface area contributed by atoms with Gasteiger partial charge in [0, 0.05) is 37.7 Å². The highest BCUT2D eigenvalue weighted by molar-refractivity contribution is 5.86. The molecule has 3 aromatic rings. The monoisotopic (exact) mass is 386 g/mol. The molecule has 29 heavy (non-hydrogen) atoms. The number of rotatable bonds is 3. The molecule has 0 atom stereocenters. The van der Waals surface area contributed by atoms with Crippen molar-refractivity contribution in [2.45, 2.75) is 25.7 Å². The third-order valence-electron chi connectivity index (χ3n) is 6.32. The van der Waals surface area contributed by atoms with Crippen molar-refractivity contribution in [1.82, 2.24) is 15.1 Å². The van der Waals surface area contributed by atoms with E-state index >= 15 is 0 Å². The molecule has 0 N–H and O–H groups in total. The van der Waals surface area contributed by atoms with Crippen LogP contribution in [0.4, 0.5) is 5.82 Å². The molecule has 1 aliphatic carbocycles. The lowest BCUT2D eigenvalue weighted by Gasteiger charge is -2.36. The van der Waals surface area contributed by atoms with E-state index in [4.69, 9.17) is 0 Å². The molecule has 0 spiro atoms. The van der Waals surface area contributed by atoms with Gasteiger partial charge in [-0.3, -0.25) is 4.79 Å². The summed E-state index contributed by atoms with van der Waals surface area (Å²) in [6, 6.07) is 18.8. The van der Waals surface area contributed by atoms with Crippen LogP contribution >= 0.6 is 0 Å². The van der Waals surface area contributed by atoms with Crippen molar-refractivity contribution in [3.8, 4) is 11.3 Å². The minimum atomic E-state index is 0.266. The number of hydrogen-bond acceptors (Lipinski definition) is 4. The first kappa shape index (κ1) is 18.1. The predicted octanol–water partition coefficient (Wildman–Crippen LogP) is 4.14. The number of carbonyl (C=O) groups excluding carboxylic acids is 1. The maximum absolute atomic E-state index is 12.6. The first-order valence-electron chi connectivity index (χ1n) is 10.6. The number of nitrogens with zero attached hydrogens (tertiary/aromatic N) is 4. The summed E-state index contributed by atoms with van der Waals surface area (Å²) in [7, 11) is 0. The Kier molecular flexibility index (Phi) is 4.88. The summed E-state index contributed by atoms with van der Waals surface area (Å²) in [4.78, 5) is 16.9. The van der Waals surface area contributed by atoms with Crippen LogP contribution in [-0.2, 0) is 4.79 Å². The third kappa shape index (κ3) is 3.69. The van der Waals surface area contributed by atoms with Crippen molar-refractivity contribution in [3.63, 3.8) is 0 Å². The Morgan fingerprint density at radius 1 is 0.828 bits per heavy atom. The van der Waals surface area contributed by atoms with E-state index in [0.717, 1.165) is 56.1 Å². The molecule has 1 saturated carbocycles. The number of hydrogen-bond donors (Lipinski definition) is 0. The Morgan fingerprint density at radius 2 is 1.59 bits per heavy atom. The zero-order valence-corrected chi connectivity index (χ0v) is 16.6. The van der Waals surface area contributed by atoms with Gasteiger partial charge >= 0.3 is 0 Å². The van der Waals surface area contributed by atoms with E-state index in [1.807, 2.05) is 17.0 Å². The minimum Gasteiger partial charge on any atom is -0.352 e. The minimum absolute atomic E-state index is 0.266. The molecule has 2 aromatic carbocycles. The molecule has 2 heterocycles. The number of aromatic nitrogens is 2. The second kappa shape index (κ2) is 7.82. The summed E-state index contributed by atoms with van der Waals surface area (Å²) in [5.74, 6) is 1.52. The van der Waals surface area contributed by atoms with Crippen molar-refractivity contribution in [2.75, 3.05) is 31.1 Å². The van der Waals surface area contributed by atoms with Crippen LogP contribution in [0.2, 0.25) is 0 Å². The highest BCUT2D eigenvalue weighted by atomic mass is 16.2. The van der Waals surface area contributed by atoms with E-state index in [1.165, 1.54) is 23.6 Å². The standard InChI is InChI=1S/C24H26N4O/c29-24(19-6-2-3-7-19)28-15-13-27(14-16-28)23-12-11-22(25-26-23)21-10-9-18-5-1-4-8-20(18)17-21/h1,4-5,8-12,17,19H,2-3,6-7,13-16H2. The van der Waals surface area contributed by atoms with Gasteiger partial charge in [0.1, 0.15) is 0 Å². The molecular formula is C24H26N4O. The van der Waals surface area contributed by atoms with Crippen LogP contribution in [0.25, 0.3) is 22.0 Å². The third-order valence-corrected chi connectivity index (χ3v) is 6.32. The van der Waals surface area contributed by atoms with Crippen molar-refractivity contribution < 1.29 is 4.79 Å². The zero-order chi connectivity index (χ0) is 19.6. The summed E-state index contributed by atoms with van der Waals surface area (Å²) >= 11 is 0. The largest absolute Gasteiger partial charge is 0.352 e. The molecule has 0 bridgehead atoms. The van der Waals surface area contributed by atoms with Gasteiger partial charge in [-0.1, -0.05) is 49.2 Å². The Bertz CT molecular complexity index is 1000. The molecule has 2 fully saturated rings. The van der Waals surface area contributed by atoms with Gasteiger partial charge in [-0.2, -0.15) is 0 Å². The number of anilines is 1. The summed E-state index contributed by atoms with van der Waals surface area (Å²) in [6.07, 6.45) is 4.55. The number of piperazine rings is 1. The first-order chi connectivity index (χ1) is 14.3. The van der Waals surface area contributed by atoms with Gasteiger partial charge in [0.2, 0.25) is 5.91 Å². The van der Waals surface area contributed by atoms with Crippen LogP contribution in [0.5, 0.6) is 0 Å². The smallest absolute Gasteiger partial charge is 0.225 e. The fourth-order valence-electron chi connectivity index (χ4n) is 4.58. The molecule has 0 radical (unpaired) electrons. The van der Waals surface area contributed by atoms with Crippen LogP contribution in [0.15, 0.2) is 54.6 Å². The maximum atomic E-state index is 12.6. The van der Waals surface area contributed by atoms with Crippen molar-refractivity contribution in [1.29, 1.82) is 0 Å². The lowest BCUT2D eigenvalue weighted by atomic mass is 10.0. The van der Waals surface area contributed by atoms with Crippen LogP contribution in [0, 0.1) is 5.92 Å². The number of fused-ring (bicyclic) bond motifs is 1. The van der Waals surface area contributed by atoms with Crippen molar-refractivity contribution >= 4 is 22.5 Å². The van der Waals surface area contributed by atoms with Crippen molar-refractivity contribution in [2.24, 2.45) is 5.92 Å². The van der Waals surface area contributed by atoms with Crippen LogP contribution in [0.1, 0.15) is 25.7 Å². The molecule has 5 heteroatoms. The van der Waals surface area contributed by atoms with Crippen molar-refractivity contribution in [3.05, 3.63) is 54.6 Å². The van der Waals surface area contributed by atoms with Gasteiger partial charge in [0.05, 0.1) is 5.69 Å². The molecule has 1 aromatic heterocycles. The lowest BCUT2D eigenvalue weighted by molar-refractivity contribution is -0.135. The molecule has 2 aliphatic rings. The Balaban J connectivity index is 1.25. The quantitative estimate of drug-likeness (QED) is 0.679. The molecule has 5 rings (SSSR count). The van der Waals surface area contributed by atoms with Gasteiger partial charge in [0.15, 0.2) is 5.82 Å². The van der Waals surface area contributed by atoms with Gasteiger partial charge < -0.3 is 9.80 Å². The average molecular weight is 386 g/mol. The summed E-state index contributed by atoms with van der Waals surface area (Å²) in [6.45, 7) is 3.21. The van der Waals surface area contributed by atoms with Gasteiger partial charge in [0.25, 0.3) is 0 Å². The molecule has 148 valence electrons. The van der Waals surface area contributed by atoms with E-state index in [-0.39, 0.29) is 5.92 Å². The lowest BCUT2D eigenvalue weighted by Crippen LogP contribution is -2.50. The first-order valence-corrected chi connectivity index (χ1v) is 10.6. The van der Waals surface area contributed by atoms with Crippen LogP contribution < -0.4 is 4.90 Å². The molecule has 1 saturated heterocycles. The second-order valence-electron chi connectivity index (χ2n) is 8.13.